The molecule has 3 rings (SSSR count). The molecule has 1 aromatic carbocycles. The van der Waals surface area contributed by atoms with Gasteiger partial charge in [-0.3, -0.25) is 4.79 Å². The van der Waals surface area contributed by atoms with Crippen molar-refractivity contribution in [3.63, 3.8) is 0 Å². The maximum absolute atomic E-state index is 11.9. The van der Waals surface area contributed by atoms with Crippen LogP contribution in [0.2, 0.25) is 0 Å². The molecule has 3 nitrogen and oxygen atoms in total. The number of amides is 1. The molecule has 1 amide bonds. The van der Waals surface area contributed by atoms with Gasteiger partial charge in [-0.05, 0) is 54.7 Å². The lowest BCUT2D eigenvalue weighted by molar-refractivity contribution is -0.120. The number of fused-ring (bicyclic) bond motifs is 1. The Morgan fingerprint density at radius 3 is 2.89 bits per heavy atom. The lowest BCUT2D eigenvalue weighted by atomic mass is 10.0. The number of benzene rings is 1. The lowest BCUT2D eigenvalue weighted by Crippen LogP contribution is -2.39. The summed E-state index contributed by atoms with van der Waals surface area (Å²) >= 11 is 0. The van der Waals surface area contributed by atoms with Crippen LogP contribution in [-0.4, -0.2) is 18.5 Å². The van der Waals surface area contributed by atoms with Gasteiger partial charge in [-0.2, -0.15) is 0 Å². The molecule has 1 saturated carbocycles. The number of nitrogens with one attached hydrogen (secondary N) is 1. The second-order valence-electron chi connectivity index (χ2n) is 5.94. The van der Waals surface area contributed by atoms with Crippen LogP contribution in [0.25, 0.3) is 0 Å². The van der Waals surface area contributed by atoms with Crippen LogP contribution in [0, 0.1) is 5.92 Å². The van der Waals surface area contributed by atoms with Crippen molar-refractivity contribution in [2.24, 2.45) is 11.7 Å². The number of rotatable bonds is 5. The maximum Gasteiger partial charge on any atom is 0.224 e. The zero-order chi connectivity index (χ0) is 13.2. The largest absolute Gasteiger partial charge is 0.354 e. The van der Waals surface area contributed by atoms with Crippen LogP contribution >= 0.6 is 0 Å². The predicted molar refractivity (Wildman–Crippen MR) is 75.9 cm³/mol. The van der Waals surface area contributed by atoms with Gasteiger partial charge in [0, 0.05) is 12.6 Å². The van der Waals surface area contributed by atoms with Gasteiger partial charge in [-0.25, -0.2) is 0 Å². The van der Waals surface area contributed by atoms with Crippen molar-refractivity contribution in [3.8, 4) is 0 Å². The summed E-state index contributed by atoms with van der Waals surface area (Å²) in [7, 11) is 0. The Hall–Kier alpha value is -1.35. The van der Waals surface area contributed by atoms with Gasteiger partial charge >= 0.3 is 0 Å². The normalized spacial score (nSPS) is 19.0. The van der Waals surface area contributed by atoms with Gasteiger partial charge in [-0.1, -0.05) is 18.2 Å². The van der Waals surface area contributed by atoms with Crippen LogP contribution in [0.1, 0.15) is 36.0 Å². The second-order valence-corrected chi connectivity index (χ2v) is 5.94. The van der Waals surface area contributed by atoms with E-state index < -0.39 is 0 Å². The number of aryl methyl sites for hydroxylation is 2. The van der Waals surface area contributed by atoms with E-state index in [4.69, 9.17) is 5.73 Å². The Morgan fingerprint density at radius 1 is 1.32 bits per heavy atom. The Kier molecular flexibility index (Phi) is 3.56. The van der Waals surface area contributed by atoms with Crippen molar-refractivity contribution in [2.75, 3.05) is 6.54 Å². The van der Waals surface area contributed by atoms with Gasteiger partial charge in [0.15, 0.2) is 0 Å². The predicted octanol–water partition coefficient (Wildman–Crippen LogP) is 1.57. The van der Waals surface area contributed by atoms with Crippen LogP contribution in [0.15, 0.2) is 18.2 Å². The van der Waals surface area contributed by atoms with Gasteiger partial charge in [-0.15, -0.1) is 0 Å². The van der Waals surface area contributed by atoms with Gasteiger partial charge in [0.05, 0.1) is 6.42 Å². The van der Waals surface area contributed by atoms with Crippen LogP contribution in [0.5, 0.6) is 0 Å². The molecule has 0 saturated heterocycles. The molecule has 1 unspecified atom stereocenters. The quantitative estimate of drug-likeness (QED) is 0.842. The molecule has 0 heterocycles. The Labute approximate surface area is 114 Å². The number of hydrogen-bond acceptors (Lipinski definition) is 2. The molecular formula is C16H22N2O. The molecule has 3 heteroatoms. The topological polar surface area (TPSA) is 55.1 Å². The van der Waals surface area contributed by atoms with Crippen molar-refractivity contribution in [1.82, 2.24) is 5.32 Å². The van der Waals surface area contributed by atoms with E-state index in [9.17, 15) is 4.79 Å². The van der Waals surface area contributed by atoms with E-state index in [1.165, 1.54) is 36.8 Å². The maximum atomic E-state index is 11.9. The first-order valence-corrected chi connectivity index (χ1v) is 7.35. The van der Waals surface area contributed by atoms with Crippen molar-refractivity contribution in [1.29, 1.82) is 0 Å². The summed E-state index contributed by atoms with van der Waals surface area (Å²) in [5, 5.41) is 2.96. The smallest absolute Gasteiger partial charge is 0.224 e. The molecule has 2 aliphatic carbocycles. The average molecular weight is 258 g/mol. The Morgan fingerprint density at radius 2 is 2.11 bits per heavy atom. The zero-order valence-electron chi connectivity index (χ0n) is 11.3. The van der Waals surface area contributed by atoms with Gasteiger partial charge in [0.25, 0.3) is 0 Å². The molecule has 1 atom stereocenters. The van der Waals surface area contributed by atoms with E-state index in [-0.39, 0.29) is 11.9 Å². The van der Waals surface area contributed by atoms with E-state index in [2.05, 4.69) is 23.5 Å². The highest BCUT2D eigenvalue weighted by atomic mass is 16.1. The lowest BCUT2D eigenvalue weighted by Gasteiger charge is -2.12. The third kappa shape index (κ3) is 3.16. The molecule has 2 aliphatic rings. The van der Waals surface area contributed by atoms with Crippen LogP contribution in [-0.2, 0) is 24.1 Å². The molecule has 19 heavy (non-hydrogen) atoms. The van der Waals surface area contributed by atoms with Crippen LogP contribution in [0.4, 0.5) is 0 Å². The number of carbonyl (C=O) groups is 1. The Bertz CT molecular complexity index is 480. The van der Waals surface area contributed by atoms with Gasteiger partial charge < -0.3 is 11.1 Å². The highest BCUT2D eigenvalue weighted by Gasteiger charge is 2.28. The van der Waals surface area contributed by atoms with Crippen LogP contribution < -0.4 is 11.1 Å². The highest BCUT2D eigenvalue weighted by molar-refractivity contribution is 5.78. The fraction of sp³-hybridized carbons (Fsp3) is 0.562. The zero-order valence-corrected chi connectivity index (χ0v) is 11.3. The van der Waals surface area contributed by atoms with Gasteiger partial charge in [0.1, 0.15) is 0 Å². The molecule has 102 valence electrons. The highest BCUT2D eigenvalue weighted by Crippen LogP contribution is 2.31. The number of carbonyl (C=O) groups excluding carboxylic acids is 1. The van der Waals surface area contributed by atoms with Crippen molar-refractivity contribution in [2.45, 2.75) is 44.6 Å². The first-order chi connectivity index (χ1) is 9.22. The first-order valence-electron chi connectivity index (χ1n) is 7.35. The third-order valence-electron chi connectivity index (χ3n) is 4.29. The fourth-order valence-corrected chi connectivity index (χ4v) is 2.91. The monoisotopic (exact) mass is 258 g/mol. The SMILES string of the molecule is NC(CNC(=O)Cc1ccc2c(c1)CCC2)C1CC1. The van der Waals surface area contributed by atoms with E-state index in [1.54, 1.807) is 0 Å². The van der Waals surface area contributed by atoms with E-state index in [0.29, 0.717) is 18.9 Å². The minimum absolute atomic E-state index is 0.0917. The molecule has 0 aliphatic heterocycles. The van der Waals surface area contributed by atoms with E-state index in [0.717, 1.165) is 12.0 Å². The number of hydrogen-bond donors (Lipinski definition) is 2. The average Bonchev–Trinajstić information content (AvgIpc) is 3.15. The molecule has 3 N–H and O–H groups in total. The molecule has 0 bridgehead atoms. The molecule has 0 radical (unpaired) electrons. The summed E-state index contributed by atoms with van der Waals surface area (Å²) in [5.41, 5.74) is 9.99. The summed E-state index contributed by atoms with van der Waals surface area (Å²) in [6.45, 7) is 0.619. The molecule has 1 aromatic rings. The molecule has 0 spiro atoms. The van der Waals surface area contributed by atoms with Gasteiger partial charge in [0.2, 0.25) is 5.91 Å². The third-order valence-corrected chi connectivity index (χ3v) is 4.29. The molecular weight excluding hydrogens is 236 g/mol. The van der Waals surface area contributed by atoms with Crippen molar-refractivity contribution in [3.05, 3.63) is 34.9 Å². The minimum atomic E-state index is 0.0917. The Balaban J connectivity index is 1.51. The first kappa shape index (κ1) is 12.7. The standard InChI is InChI=1S/C16H22N2O/c17-15(13-6-7-13)10-18-16(19)9-11-4-5-12-2-1-3-14(12)8-11/h4-5,8,13,15H,1-3,6-7,9-10,17H2,(H,18,19). The summed E-state index contributed by atoms with van der Waals surface area (Å²) < 4.78 is 0. The van der Waals surface area contributed by atoms with Crippen molar-refractivity contribution >= 4 is 5.91 Å². The van der Waals surface area contributed by atoms with E-state index in [1.807, 2.05) is 0 Å². The number of nitrogens with two attached hydrogens (primary N) is 1. The van der Waals surface area contributed by atoms with Crippen LogP contribution in [0.3, 0.4) is 0 Å². The minimum Gasteiger partial charge on any atom is -0.354 e. The summed E-state index contributed by atoms with van der Waals surface area (Å²) in [6, 6.07) is 6.61. The second kappa shape index (κ2) is 5.33. The summed E-state index contributed by atoms with van der Waals surface area (Å²) in [5.74, 6) is 0.731. The van der Waals surface area contributed by atoms with E-state index >= 15 is 0 Å². The fourth-order valence-electron chi connectivity index (χ4n) is 2.91. The van der Waals surface area contributed by atoms with Crippen molar-refractivity contribution < 1.29 is 4.79 Å². The summed E-state index contributed by atoms with van der Waals surface area (Å²) in [6.07, 6.45) is 6.53. The molecule has 1 fully saturated rings. The molecule has 0 aromatic heterocycles. The summed E-state index contributed by atoms with van der Waals surface area (Å²) in [4.78, 5) is 11.9.